The molecule has 0 N–H and O–H groups in total. The molecule has 0 heterocycles. The number of rotatable bonds is 12. The van der Waals surface area contributed by atoms with Crippen LogP contribution in [0.15, 0.2) is 0 Å². The van der Waals surface area contributed by atoms with E-state index in [1.165, 1.54) is 0 Å². The Kier molecular flexibility index (Phi) is 12.0. The molecule has 0 amide bonds. The van der Waals surface area contributed by atoms with Crippen LogP contribution in [0.1, 0.15) is 0 Å². The van der Waals surface area contributed by atoms with Crippen LogP contribution in [0.5, 0.6) is 0 Å². The topological polar surface area (TPSA) is 35.5 Å². The normalized spacial score (nSPS) is 18.7. The van der Waals surface area contributed by atoms with E-state index in [2.05, 4.69) is 0 Å². The molecule has 0 aromatic heterocycles. The van der Waals surface area contributed by atoms with Gasteiger partial charge in [0.1, 0.15) is 0 Å². The Bertz CT molecular complexity index is 1240. The standard InChI is InChI=1S/C17F34O3/c18-2(19,53-16(48,49)8(26,27)4(22,10(30,31)32)6(24,12(36,37)38)13(39,40)41)1(52)3(20,21)54-17(50,51)9(28,29)5(23,11(33,34)35)7(25,14(42,43)44)15(45,46)47/t4-,5-/m0/s1. The highest BCUT2D eigenvalue weighted by Crippen LogP contribution is 2.68. The van der Waals surface area contributed by atoms with Gasteiger partial charge in [-0.2, -0.15) is 132 Å². The first-order valence-corrected chi connectivity index (χ1v) is 10.9. The summed E-state index contributed by atoms with van der Waals surface area (Å²) in [4.78, 5) is 11.0. The van der Waals surface area contributed by atoms with Gasteiger partial charge in [0, 0.05) is 0 Å². The molecular weight excluding hydrogens is 898 g/mol. The maximum atomic E-state index is 14.2. The van der Waals surface area contributed by atoms with Gasteiger partial charge in [0.2, 0.25) is 0 Å². The zero-order valence-corrected chi connectivity index (χ0v) is 22.6. The van der Waals surface area contributed by atoms with Crippen LogP contribution in [-0.4, -0.2) is 102 Å². The number of carbonyl (C=O) groups is 1. The average Bonchev–Trinajstić information content (AvgIpc) is 2.84. The lowest BCUT2D eigenvalue weighted by Crippen LogP contribution is -2.80. The predicted octanol–water partition coefficient (Wildman–Crippen LogP) is 10.4. The van der Waals surface area contributed by atoms with Crippen LogP contribution in [0.4, 0.5) is 149 Å². The highest BCUT2D eigenvalue weighted by molar-refractivity contribution is 5.89. The maximum Gasteiger partial charge on any atom is 0.435 e. The lowest BCUT2D eigenvalue weighted by molar-refractivity contribution is -0.507. The lowest BCUT2D eigenvalue weighted by Gasteiger charge is -2.46. The number of ether oxygens (including phenoxy) is 2. The van der Waals surface area contributed by atoms with Crippen LogP contribution in [0, 0.1) is 0 Å². The summed E-state index contributed by atoms with van der Waals surface area (Å²) in [5, 5.41) is 0. The van der Waals surface area contributed by atoms with E-state index in [1.807, 2.05) is 0 Å². The van der Waals surface area contributed by atoms with Gasteiger partial charge in [-0.1, -0.05) is 0 Å². The molecule has 0 radical (unpaired) electrons. The Morgan fingerprint density at radius 3 is 0.537 bits per heavy atom. The van der Waals surface area contributed by atoms with E-state index in [1.54, 1.807) is 0 Å². The minimum Gasteiger partial charge on any atom is -0.280 e. The SMILES string of the molecule is O=C(C(F)(F)OC(F)(F)C(F)(F)[C@](F)(C(F)(F)F)C(F)(C(F)(F)F)C(F)(F)F)C(F)(F)OC(F)(F)C(F)(F)[C@](F)(C(F)(F)F)C(F)(C(F)(F)F)C(F)(F)F. The predicted molar refractivity (Wildman–Crippen MR) is 88.5 cm³/mol. The molecule has 0 unspecified atom stereocenters. The third-order valence-corrected chi connectivity index (χ3v) is 5.93. The summed E-state index contributed by atoms with van der Waals surface area (Å²) in [6.45, 7) is 0. The van der Waals surface area contributed by atoms with Crippen molar-refractivity contribution >= 4 is 5.78 Å². The number of ketones is 1. The molecular formula is C17F34O3. The van der Waals surface area contributed by atoms with Gasteiger partial charge in [-0.05, 0) is 0 Å². The van der Waals surface area contributed by atoms with Gasteiger partial charge in [0.15, 0.2) is 0 Å². The number of Topliss-reactive ketones (excluding diaryl/α,β-unsaturated/α-hetero) is 1. The van der Waals surface area contributed by atoms with E-state index in [4.69, 9.17) is 0 Å². The van der Waals surface area contributed by atoms with Crippen LogP contribution < -0.4 is 0 Å². The number of halogens is 34. The fourth-order valence-corrected chi connectivity index (χ4v) is 3.40. The fraction of sp³-hybridized carbons (Fsp3) is 0.941. The molecule has 0 aliphatic heterocycles. The second kappa shape index (κ2) is 12.6. The van der Waals surface area contributed by atoms with Crippen molar-refractivity contribution < 1.29 is 164 Å². The molecule has 2 atom stereocenters. The van der Waals surface area contributed by atoms with Gasteiger partial charge in [-0.25, -0.2) is 27.0 Å². The van der Waals surface area contributed by atoms with E-state index < -0.39 is 102 Å². The summed E-state index contributed by atoms with van der Waals surface area (Å²) in [6.07, 6.45) is -90.2. The van der Waals surface area contributed by atoms with Gasteiger partial charge in [-0.15, -0.1) is 0 Å². The van der Waals surface area contributed by atoms with Crippen molar-refractivity contribution in [3.63, 3.8) is 0 Å². The molecule has 0 aromatic carbocycles. The molecule has 0 saturated carbocycles. The van der Waals surface area contributed by atoms with Crippen molar-refractivity contribution in [1.29, 1.82) is 0 Å². The molecule has 0 saturated heterocycles. The molecule has 37 heteroatoms. The Morgan fingerprint density at radius 2 is 0.407 bits per heavy atom. The van der Waals surface area contributed by atoms with E-state index in [-0.39, 0.29) is 0 Å². The lowest BCUT2D eigenvalue weighted by atomic mass is 9.78. The second-order valence-corrected chi connectivity index (χ2v) is 9.37. The van der Waals surface area contributed by atoms with Crippen LogP contribution in [0.3, 0.4) is 0 Å². The van der Waals surface area contributed by atoms with Crippen molar-refractivity contribution in [2.75, 3.05) is 0 Å². The van der Waals surface area contributed by atoms with Gasteiger partial charge in [0.05, 0.1) is 0 Å². The van der Waals surface area contributed by atoms with Crippen molar-refractivity contribution in [2.24, 2.45) is 0 Å². The summed E-state index contributed by atoms with van der Waals surface area (Å²) in [6, 6.07) is 0. The fourth-order valence-electron chi connectivity index (χ4n) is 3.40. The largest absolute Gasteiger partial charge is 0.435 e. The minimum atomic E-state index is -9.86. The molecule has 0 aromatic rings. The van der Waals surface area contributed by atoms with Crippen LogP contribution in [0.2, 0.25) is 0 Å². The van der Waals surface area contributed by atoms with E-state index in [0.29, 0.717) is 0 Å². The minimum absolute atomic E-state index is 0.754. The Labute approximate surface area is 267 Å². The van der Waals surface area contributed by atoms with E-state index in [9.17, 15) is 154 Å². The quantitative estimate of drug-likeness (QED) is 0.183. The second-order valence-electron chi connectivity index (χ2n) is 9.37. The molecule has 0 spiro atoms. The zero-order valence-electron chi connectivity index (χ0n) is 22.6. The summed E-state index contributed by atoms with van der Waals surface area (Å²) >= 11 is 0. The summed E-state index contributed by atoms with van der Waals surface area (Å²) in [5.74, 6) is -25.7. The molecule has 0 bridgehead atoms. The number of carbonyl (C=O) groups excluding carboxylic acids is 1. The van der Waals surface area contributed by atoms with Gasteiger partial charge in [0.25, 0.3) is 0 Å². The first kappa shape index (κ1) is 51.2. The van der Waals surface area contributed by atoms with Gasteiger partial charge >= 0.3 is 102 Å². The maximum absolute atomic E-state index is 14.2. The summed E-state index contributed by atoms with van der Waals surface area (Å²) in [5.41, 5.74) is -38.8. The Morgan fingerprint density at radius 1 is 0.259 bits per heavy atom. The van der Waals surface area contributed by atoms with Crippen molar-refractivity contribution in [1.82, 2.24) is 0 Å². The first-order valence-electron chi connectivity index (χ1n) is 10.9. The molecule has 3 nitrogen and oxygen atoms in total. The van der Waals surface area contributed by atoms with Crippen molar-refractivity contribution in [2.45, 2.75) is 96.0 Å². The monoisotopic (exact) mass is 898 g/mol. The first-order chi connectivity index (χ1) is 22.6. The summed E-state index contributed by atoms with van der Waals surface area (Å²) < 4.78 is 451. The number of alkyl halides is 34. The molecule has 0 aliphatic rings. The van der Waals surface area contributed by atoms with Gasteiger partial charge in [-0.3, -0.25) is 4.79 Å². The smallest absolute Gasteiger partial charge is 0.280 e. The third-order valence-electron chi connectivity index (χ3n) is 5.93. The van der Waals surface area contributed by atoms with Crippen LogP contribution in [0.25, 0.3) is 0 Å². The highest BCUT2D eigenvalue weighted by Gasteiger charge is 3.01. The average molecular weight is 898 g/mol. The number of hydrogen-bond acceptors (Lipinski definition) is 3. The van der Waals surface area contributed by atoms with E-state index >= 15 is 0 Å². The number of hydrogen-bond donors (Lipinski definition) is 0. The van der Waals surface area contributed by atoms with Crippen molar-refractivity contribution in [3.05, 3.63) is 0 Å². The van der Waals surface area contributed by atoms with Crippen LogP contribution >= 0.6 is 0 Å². The van der Waals surface area contributed by atoms with E-state index in [0.717, 1.165) is 9.47 Å². The van der Waals surface area contributed by atoms with Crippen molar-refractivity contribution in [3.8, 4) is 0 Å². The zero-order chi connectivity index (χ0) is 45.0. The highest BCUT2D eigenvalue weighted by atomic mass is 19.5. The molecule has 324 valence electrons. The third kappa shape index (κ3) is 6.85. The van der Waals surface area contributed by atoms with Crippen LogP contribution in [-0.2, 0) is 14.3 Å². The molecule has 0 rings (SSSR count). The molecule has 0 fully saturated rings. The Hall–Kier alpha value is -2.79. The molecule has 0 aliphatic carbocycles. The molecule has 54 heavy (non-hydrogen) atoms. The van der Waals surface area contributed by atoms with Gasteiger partial charge < -0.3 is 0 Å². The summed E-state index contributed by atoms with van der Waals surface area (Å²) in [7, 11) is 0. The Balaban J connectivity index is 7.60.